The van der Waals surface area contributed by atoms with Gasteiger partial charge in [0.2, 0.25) is 0 Å². The molecular weight excluding hydrogens is 444 g/mol. The minimum Gasteiger partial charge on any atom is -0.321 e. The first-order valence-corrected chi connectivity index (χ1v) is 12.8. The first kappa shape index (κ1) is 22.2. The van der Waals surface area contributed by atoms with Crippen LogP contribution in [0, 0.1) is 20.8 Å². The predicted molar refractivity (Wildman–Crippen MR) is 137 cm³/mol. The molecule has 0 aromatic heterocycles. The number of aryl methyl sites for hydroxylation is 4. The molecule has 0 unspecified atom stereocenters. The summed E-state index contributed by atoms with van der Waals surface area (Å²) in [7, 11) is -3.88. The fraction of sp³-hybridized carbons (Fsp3) is 0.179. The summed E-state index contributed by atoms with van der Waals surface area (Å²) >= 11 is 0. The summed E-state index contributed by atoms with van der Waals surface area (Å²) in [5.74, 6) is -0.345. The third-order valence-corrected chi connectivity index (χ3v) is 8.22. The highest BCUT2D eigenvalue weighted by atomic mass is 32.2. The van der Waals surface area contributed by atoms with Gasteiger partial charge in [-0.2, -0.15) is 0 Å². The van der Waals surface area contributed by atoms with E-state index in [-0.39, 0.29) is 16.4 Å². The summed E-state index contributed by atoms with van der Waals surface area (Å²) in [6.07, 6.45) is 2.02. The second-order valence-corrected chi connectivity index (χ2v) is 10.6. The minimum absolute atomic E-state index is 0.0847. The Bertz CT molecular complexity index is 1560. The van der Waals surface area contributed by atoms with Crippen molar-refractivity contribution in [2.24, 2.45) is 0 Å². The van der Waals surface area contributed by atoms with Gasteiger partial charge < -0.3 is 5.32 Å². The normalized spacial score (nSPS) is 12.7. The van der Waals surface area contributed by atoms with Gasteiger partial charge in [0.25, 0.3) is 15.9 Å². The highest BCUT2D eigenvalue weighted by Gasteiger charge is 2.21. The summed E-state index contributed by atoms with van der Waals surface area (Å²) in [6.45, 7) is 5.54. The van der Waals surface area contributed by atoms with Crippen molar-refractivity contribution in [1.82, 2.24) is 0 Å². The summed E-state index contributed by atoms with van der Waals surface area (Å²) < 4.78 is 29.2. The number of anilines is 2. The summed E-state index contributed by atoms with van der Waals surface area (Å²) in [6, 6.07) is 20.4. The largest absolute Gasteiger partial charge is 0.321 e. The lowest BCUT2D eigenvalue weighted by molar-refractivity contribution is 0.102. The molecule has 4 aromatic carbocycles. The highest BCUT2D eigenvalue weighted by Crippen LogP contribution is 2.35. The lowest BCUT2D eigenvalue weighted by Crippen LogP contribution is -2.18. The van der Waals surface area contributed by atoms with Crippen molar-refractivity contribution in [3.8, 4) is 0 Å². The van der Waals surface area contributed by atoms with Gasteiger partial charge in [0.05, 0.1) is 10.6 Å². The molecule has 0 saturated heterocycles. The second-order valence-electron chi connectivity index (χ2n) is 8.90. The molecule has 1 amide bonds. The standard InChI is InChI=1S/C28H26N2O3S/c1-17-6-4-9-24(19(17)3)30-34(32,33)26-16-22(11-10-18(26)2)28(31)29-25-15-14-21-13-12-20-7-5-8-23(25)27(20)21/h4-11,14-16,30H,12-13H2,1-3H3,(H,29,31). The van der Waals surface area contributed by atoms with Gasteiger partial charge in [-0.1, -0.05) is 42.5 Å². The average molecular weight is 471 g/mol. The molecule has 0 spiro atoms. The summed E-state index contributed by atoms with van der Waals surface area (Å²) in [5.41, 5.74) is 6.57. The predicted octanol–water partition coefficient (Wildman–Crippen LogP) is 5.92. The van der Waals surface area contributed by atoms with Crippen molar-refractivity contribution in [3.63, 3.8) is 0 Å². The molecule has 0 atom stereocenters. The summed E-state index contributed by atoms with van der Waals surface area (Å²) in [5, 5.41) is 5.22. The van der Waals surface area contributed by atoms with Crippen molar-refractivity contribution < 1.29 is 13.2 Å². The fourth-order valence-corrected chi connectivity index (χ4v) is 6.04. The van der Waals surface area contributed by atoms with Gasteiger partial charge in [-0.05, 0) is 91.1 Å². The third kappa shape index (κ3) is 3.84. The molecule has 172 valence electrons. The van der Waals surface area contributed by atoms with E-state index in [1.54, 1.807) is 25.1 Å². The van der Waals surface area contributed by atoms with Crippen LogP contribution in [0.2, 0.25) is 0 Å². The Morgan fingerprint density at radius 1 is 0.794 bits per heavy atom. The number of rotatable bonds is 5. The number of sulfonamides is 1. The number of carbonyl (C=O) groups excluding carboxylic acids is 1. The quantitative estimate of drug-likeness (QED) is 0.380. The van der Waals surface area contributed by atoms with E-state index in [0.29, 0.717) is 11.3 Å². The molecule has 0 bridgehead atoms. The minimum atomic E-state index is -3.88. The highest BCUT2D eigenvalue weighted by molar-refractivity contribution is 7.92. The van der Waals surface area contributed by atoms with Crippen LogP contribution >= 0.6 is 0 Å². The van der Waals surface area contributed by atoms with Crippen molar-refractivity contribution in [2.75, 3.05) is 10.0 Å². The molecule has 4 aromatic rings. The maximum absolute atomic E-state index is 13.2. The monoisotopic (exact) mass is 470 g/mol. The second kappa shape index (κ2) is 8.29. The number of amides is 1. The van der Waals surface area contributed by atoms with Crippen molar-refractivity contribution in [1.29, 1.82) is 0 Å². The van der Waals surface area contributed by atoms with Crippen LogP contribution in [0.1, 0.15) is 38.2 Å². The van der Waals surface area contributed by atoms with E-state index < -0.39 is 10.0 Å². The number of hydrogen-bond acceptors (Lipinski definition) is 3. The van der Waals surface area contributed by atoms with E-state index in [0.717, 1.165) is 35.0 Å². The van der Waals surface area contributed by atoms with Gasteiger partial charge in [0.15, 0.2) is 0 Å². The van der Waals surface area contributed by atoms with Crippen LogP contribution in [0.25, 0.3) is 10.8 Å². The molecule has 0 heterocycles. The molecule has 6 heteroatoms. The molecule has 1 aliphatic carbocycles. The Morgan fingerprint density at radius 2 is 1.53 bits per heavy atom. The SMILES string of the molecule is Cc1ccc(C(=O)Nc2ccc3c4c(cccc24)CC3)cc1S(=O)(=O)Nc1cccc(C)c1C. The Labute approximate surface area is 199 Å². The van der Waals surface area contributed by atoms with Crippen LogP contribution in [-0.2, 0) is 22.9 Å². The number of nitrogens with one attached hydrogen (secondary N) is 2. The average Bonchev–Trinajstić information content (AvgIpc) is 3.23. The smallest absolute Gasteiger partial charge is 0.262 e. The topological polar surface area (TPSA) is 75.3 Å². The van der Waals surface area contributed by atoms with Crippen LogP contribution in [0.5, 0.6) is 0 Å². The van der Waals surface area contributed by atoms with Crippen molar-refractivity contribution >= 4 is 38.1 Å². The van der Waals surface area contributed by atoms with E-state index >= 15 is 0 Å². The van der Waals surface area contributed by atoms with Crippen LogP contribution in [0.4, 0.5) is 11.4 Å². The van der Waals surface area contributed by atoms with Gasteiger partial charge in [-0.15, -0.1) is 0 Å². The maximum atomic E-state index is 13.2. The molecule has 5 nitrogen and oxygen atoms in total. The molecule has 0 saturated carbocycles. The van der Waals surface area contributed by atoms with E-state index in [2.05, 4.69) is 22.2 Å². The lowest BCUT2D eigenvalue weighted by Gasteiger charge is -2.15. The zero-order chi connectivity index (χ0) is 24.0. The van der Waals surface area contributed by atoms with Gasteiger partial charge in [0, 0.05) is 16.6 Å². The fourth-order valence-electron chi connectivity index (χ4n) is 4.64. The van der Waals surface area contributed by atoms with E-state index in [4.69, 9.17) is 0 Å². The Balaban J connectivity index is 1.47. The molecular formula is C28H26N2O3S. The third-order valence-electron chi connectivity index (χ3n) is 6.71. The van der Waals surface area contributed by atoms with Crippen molar-refractivity contribution in [2.45, 2.75) is 38.5 Å². The maximum Gasteiger partial charge on any atom is 0.262 e. The van der Waals surface area contributed by atoms with E-state index in [1.165, 1.54) is 22.6 Å². The first-order chi connectivity index (χ1) is 16.2. The van der Waals surface area contributed by atoms with Crippen LogP contribution < -0.4 is 10.0 Å². The molecule has 1 aliphatic rings. The molecule has 0 radical (unpaired) electrons. The number of carbonyl (C=O) groups is 1. The van der Waals surface area contributed by atoms with Gasteiger partial charge >= 0.3 is 0 Å². The first-order valence-electron chi connectivity index (χ1n) is 11.3. The van der Waals surface area contributed by atoms with Crippen molar-refractivity contribution in [3.05, 3.63) is 100 Å². The molecule has 0 aliphatic heterocycles. The zero-order valence-corrected chi connectivity index (χ0v) is 20.2. The van der Waals surface area contributed by atoms with Crippen LogP contribution in [0.15, 0.2) is 71.6 Å². The number of hydrogen-bond donors (Lipinski definition) is 2. The van der Waals surface area contributed by atoms with Gasteiger partial charge in [0.1, 0.15) is 0 Å². The Morgan fingerprint density at radius 3 is 2.32 bits per heavy atom. The molecule has 5 rings (SSSR count). The van der Waals surface area contributed by atoms with E-state index in [9.17, 15) is 13.2 Å². The Kier molecular flexibility index (Phi) is 5.41. The summed E-state index contributed by atoms with van der Waals surface area (Å²) in [4.78, 5) is 13.2. The molecule has 2 N–H and O–H groups in total. The number of benzene rings is 4. The lowest BCUT2D eigenvalue weighted by atomic mass is 10.0. The van der Waals surface area contributed by atoms with Gasteiger partial charge in [-0.25, -0.2) is 8.42 Å². The Hall–Kier alpha value is -3.64. The molecule has 0 fully saturated rings. The van der Waals surface area contributed by atoms with Crippen LogP contribution in [-0.4, -0.2) is 14.3 Å². The zero-order valence-electron chi connectivity index (χ0n) is 19.4. The van der Waals surface area contributed by atoms with Gasteiger partial charge in [-0.3, -0.25) is 9.52 Å². The van der Waals surface area contributed by atoms with E-state index in [1.807, 2.05) is 44.2 Å². The van der Waals surface area contributed by atoms with Crippen LogP contribution in [0.3, 0.4) is 0 Å². The molecule has 34 heavy (non-hydrogen) atoms.